The number of benzene rings is 2. The van der Waals surface area contributed by atoms with Crippen LogP contribution >= 0.6 is 11.3 Å². The van der Waals surface area contributed by atoms with Crippen molar-refractivity contribution in [2.75, 3.05) is 5.32 Å². The number of rotatable bonds is 4. The first-order valence-corrected chi connectivity index (χ1v) is 9.99. The lowest BCUT2D eigenvalue weighted by atomic mass is 10.1. The van der Waals surface area contributed by atoms with Gasteiger partial charge in [0.05, 0.1) is 5.39 Å². The number of aryl methyl sites for hydroxylation is 2. The summed E-state index contributed by atoms with van der Waals surface area (Å²) in [7, 11) is 0. The quantitative estimate of drug-likeness (QED) is 0.515. The van der Waals surface area contributed by atoms with Crippen LogP contribution in [0.2, 0.25) is 0 Å². The first-order valence-electron chi connectivity index (χ1n) is 9.17. The molecule has 2 aromatic carbocycles. The number of hydrogen-bond acceptors (Lipinski definition) is 5. The highest BCUT2D eigenvalue weighted by Crippen LogP contribution is 2.40. The van der Waals surface area contributed by atoms with Gasteiger partial charge in [-0.05, 0) is 42.5 Å². The number of aromatic hydroxyl groups is 1. The fourth-order valence-electron chi connectivity index (χ4n) is 3.71. The Bertz CT molecular complexity index is 1120. The van der Waals surface area contributed by atoms with Crippen molar-refractivity contribution >= 4 is 33.1 Å². The molecule has 0 amide bonds. The standard InChI is InChI=1S/C22H19N3OS/c26-16-9-4-8-15(13-16)23-21-20-17-10-5-11-18(17)27-22(20)25-19(24-21)12-14-6-2-1-3-7-14/h1-4,6-9,13,26H,5,10-12H2,(H,23,24,25). The molecular formula is C22H19N3OS. The fraction of sp³-hybridized carbons (Fsp3) is 0.182. The Morgan fingerprint density at radius 3 is 2.74 bits per heavy atom. The monoisotopic (exact) mass is 373 g/mol. The van der Waals surface area contributed by atoms with Crippen LogP contribution in [0.1, 0.15) is 28.2 Å². The first-order chi connectivity index (χ1) is 13.3. The molecule has 4 aromatic rings. The second-order valence-corrected chi connectivity index (χ2v) is 7.95. The minimum absolute atomic E-state index is 0.241. The average Bonchev–Trinajstić information content (AvgIpc) is 3.23. The molecule has 134 valence electrons. The molecule has 1 aliphatic carbocycles. The van der Waals surface area contributed by atoms with Gasteiger partial charge in [-0.15, -0.1) is 11.3 Å². The maximum Gasteiger partial charge on any atom is 0.143 e. The number of fused-ring (bicyclic) bond motifs is 3. The number of phenolic OH excluding ortho intramolecular Hbond substituents is 1. The number of nitrogens with one attached hydrogen (secondary N) is 1. The van der Waals surface area contributed by atoms with Crippen LogP contribution in [0.15, 0.2) is 54.6 Å². The van der Waals surface area contributed by atoms with Crippen LogP contribution in [0.3, 0.4) is 0 Å². The van der Waals surface area contributed by atoms with E-state index in [1.807, 2.05) is 30.3 Å². The number of thiophene rings is 1. The summed E-state index contributed by atoms with van der Waals surface area (Å²) in [6, 6.07) is 17.5. The molecule has 0 fully saturated rings. The lowest BCUT2D eigenvalue weighted by molar-refractivity contribution is 0.475. The summed E-state index contributed by atoms with van der Waals surface area (Å²) in [6.45, 7) is 0. The summed E-state index contributed by atoms with van der Waals surface area (Å²) in [4.78, 5) is 12.2. The van der Waals surface area contributed by atoms with Crippen molar-refractivity contribution in [2.24, 2.45) is 0 Å². The summed E-state index contributed by atoms with van der Waals surface area (Å²) in [5, 5.41) is 14.4. The topological polar surface area (TPSA) is 58.0 Å². The first kappa shape index (κ1) is 16.3. The van der Waals surface area contributed by atoms with Crippen molar-refractivity contribution in [3.05, 3.63) is 76.4 Å². The Kier molecular flexibility index (Phi) is 4.02. The molecule has 2 aromatic heterocycles. The second-order valence-electron chi connectivity index (χ2n) is 6.86. The molecule has 5 heteroatoms. The third kappa shape index (κ3) is 3.15. The van der Waals surface area contributed by atoms with E-state index in [-0.39, 0.29) is 5.75 Å². The van der Waals surface area contributed by atoms with Crippen molar-refractivity contribution in [2.45, 2.75) is 25.7 Å². The number of nitrogens with zero attached hydrogens (tertiary/aromatic N) is 2. The molecule has 2 heterocycles. The molecule has 0 bridgehead atoms. The van der Waals surface area contributed by atoms with E-state index < -0.39 is 0 Å². The lowest BCUT2D eigenvalue weighted by Crippen LogP contribution is -2.02. The van der Waals surface area contributed by atoms with Crippen LogP contribution in [-0.4, -0.2) is 15.1 Å². The molecule has 0 atom stereocenters. The molecule has 0 aliphatic heterocycles. The van der Waals surface area contributed by atoms with Gasteiger partial charge < -0.3 is 10.4 Å². The Morgan fingerprint density at radius 1 is 1.00 bits per heavy atom. The predicted molar refractivity (Wildman–Crippen MR) is 110 cm³/mol. The van der Waals surface area contributed by atoms with Gasteiger partial charge in [-0.3, -0.25) is 0 Å². The zero-order chi connectivity index (χ0) is 18.2. The van der Waals surface area contributed by atoms with E-state index in [1.165, 1.54) is 22.4 Å². The van der Waals surface area contributed by atoms with Crippen molar-refractivity contribution < 1.29 is 5.11 Å². The van der Waals surface area contributed by atoms with E-state index in [0.717, 1.165) is 40.4 Å². The molecule has 0 radical (unpaired) electrons. The van der Waals surface area contributed by atoms with E-state index >= 15 is 0 Å². The zero-order valence-corrected chi connectivity index (χ0v) is 15.6. The molecular weight excluding hydrogens is 354 g/mol. The minimum atomic E-state index is 0.241. The molecule has 0 saturated carbocycles. The Hall–Kier alpha value is -2.92. The number of phenols is 1. The maximum atomic E-state index is 9.80. The third-order valence-electron chi connectivity index (χ3n) is 4.92. The zero-order valence-electron chi connectivity index (χ0n) is 14.8. The van der Waals surface area contributed by atoms with Gasteiger partial charge in [0.15, 0.2) is 0 Å². The van der Waals surface area contributed by atoms with E-state index in [9.17, 15) is 5.11 Å². The Labute approximate surface area is 161 Å². The minimum Gasteiger partial charge on any atom is -0.508 e. The van der Waals surface area contributed by atoms with Crippen LogP contribution in [0.4, 0.5) is 11.5 Å². The predicted octanol–water partition coefficient (Wildman–Crippen LogP) is 5.22. The van der Waals surface area contributed by atoms with Crippen LogP contribution in [0.25, 0.3) is 10.2 Å². The molecule has 27 heavy (non-hydrogen) atoms. The smallest absolute Gasteiger partial charge is 0.143 e. The summed E-state index contributed by atoms with van der Waals surface area (Å²) < 4.78 is 0. The van der Waals surface area contributed by atoms with E-state index in [4.69, 9.17) is 9.97 Å². The van der Waals surface area contributed by atoms with Crippen molar-refractivity contribution in [1.29, 1.82) is 0 Å². The molecule has 5 rings (SSSR count). The normalized spacial score (nSPS) is 13.0. The van der Waals surface area contributed by atoms with E-state index in [1.54, 1.807) is 23.5 Å². The molecule has 4 nitrogen and oxygen atoms in total. The summed E-state index contributed by atoms with van der Waals surface area (Å²) >= 11 is 1.80. The van der Waals surface area contributed by atoms with Crippen LogP contribution in [0.5, 0.6) is 5.75 Å². The van der Waals surface area contributed by atoms with Crippen molar-refractivity contribution in [3.63, 3.8) is 0 Å². The highest BCUT2D eigenvalue weighted by atomic mass is 32.1. The molecule has 0 unspecified atom stereocenters. The summed E-state index contributed by atoms with van der Waals surface area (Å²) in [6.07, 6.45) is 4.13. The molecule has 2 N–H and O–H groups in total. The lowest BCUT2D eigenvalue weighted by Gasteiger charge is -2.11. The number of anilines is 2. The van der Waals surface area contributed by atoms with Gasteiger partial charge in [-0.2, -0.15) is 0 Å². The van der Waals surface area contributed by atoms with E-state index in [0.29, 0.717) is 6.42 Å². The van der Waals surface area contributed by atoms with Crippen molar-refractivity contribution in [3.8, 4) is 5.75 Å². The highest BCUT2D eigenvalue weighted by Gasteiger charge is 2.22. The molecule has 0 spiro atoms. The van der Waals surface area contributed by atoms with Gasteiger partial charge in [0.25, 0.3) is 0 Å². The maximum absolute atomic E-state index is 9.80. The summed E-state index contributed by atoms with van der Waals surface area (Å²) in [5.41, 5.74) is 3.42. The Morgan fingerprint density at radius 2 is 1.89 bits per heavy atom. The van der Waals surface area contributed by atoms with Gasteiger partial charge in [0.2, 0.25) is 0 Å². The van der Waals surface area contributed by atoms with Gasteiger partial charge in [-0.25, -0.2) is 9.97 Å². The number of hydrogen-bond donors (Lipinski definition) is 2. The molecule has 0 saturated heterocycles. The number of aromatic nitrogens is 2. The average molecular weight is 373 g/mol. The summed E-state index contributed by atoms with van der Waals surface area (Å²) in [5.74, 6) is 1.90. The van der Waals surface area contributed by atoms with Crippen LogP contribution in [0, 0.1) is 0 Å². The van der Waals surface area contributed by atoms with Gasteiger partial charge in [-0.1, -0.05) is 36.4 Å². The fourth-order valence-corrected chi connectivity index (χ4v) is 4.99. The van der Waals surface area contributed by atoms with Gasteiger partial charge >= 0.3 is 0 Å². The van der Waals surface area contributed by atoms with Crippen LogP contribution in [-0.2, 0) is 19.3 Å². The Balaban J connectivity index is 1.61. The van der Waals surface area contributed by atoms with E-state index in [2.05, 4.69) is 17.4 Å². The third-order valence-corrected chi connectivity index (χ3v) is 6.11. The highest BCUT2D eigenvalue weighted by molar-refractivity contribution is 7.19. The largest absolute Gasteiger partial charge is 0.508 e. The second kappa shape index (κ2) is 6.67. The molecule has 1 aliphatic rings. The van der Waals surface area contributed by atoms with Gasteiger partial charge in [0, 0.05) is 23.1 Å². The SMILES string of the molecule is Oc1cccc(Nc2nc(Cc3ccccc3)nc3sc4c(c23)CCC4)c1. The van der Waals surface area contributed by atoms with Crippen LogP contribution < -0.4 is 5.32 Å². The van der Waals surface area contributed by atoms with Gasteiger partial charge in [0.1, 0.15) is 22.2 Å². The van der Waals surface area contributed by atoms with Crippen molar-refractivity contribution in [1.82, 2.24) is 9.97 Å².